The molecule has 4 nitrogen and oxygen atoms in total. The fourth-order valence-corrected chi connectivity index (χ4v) is 1.47. The highest BCUT2D eigenvalue weighted by Crippen LogP contribution is 2.17. The van der Waals surface area contributed by atoms with Gasteiger partial charge in [-0.25, -0.2) is 4.39 Å². The molecule has 19 heavy (non-hydrogen) atoms. The first-order valence-electron chi connectivity index (χ1n) is 5.99. The molecule has 0 aliphatic carbocycles. The van der Waals surface area contributed by atoms with Gasteiger partial charge in [0.25, 0.3) is 0 Å². The van der Waals surface area contributed by atoms with Crippen LogP contribution in [0.3, 0.4) is 0 Å². The minimum Gasteiger partial charge on any atom is -0.491 e. The van der Waals surface area contributed by atoms with E-state index in [9.17, 15) is 9.18 Å². The van der Waals surface area contributed by atoms with E-state index in [4.69, 9.17) is 4.74 Å². The number of nitrogens with one attached hydrogen (secondary N) is 2. The van der Waals surface area contributed by atoms with Gasteiger partial charge in [0.2, 0.25) is 5.91 Å². The number of anilines is 1. The summed E-state index contributed by atoms with van der Waals surface area (Å²) >= 11 is 0. The molecule has 0 heterocycles. The number of ether oxygens (including phenoxy) is 1. The molecule has 0 aromatic heterocycles. The molecule has 1 rings (SSSR count). The SMILES string of the molecule is CNCCCC(=O)Nc1cccc(OCCF)c1.Cl. The zero-order valence-electron chi connectivity index (χ0n) is 10.9. The molecular formula is C13H20ClFN2O2. The number of carbonyl (C=O) groups excluding carboxylic acids is 1. The number of hydrogen-bond acceptors (Lipinski definition) is 3. The summed E-state index contributed by atoms with van der Waals surface area (Å²) in [5, 5.41) is 5.76. The summed E-state index contributed by atoms with van der Waals surface area (Å²) in [6.45, 7) is 0.313. The Labute approximate surface area is 119 Å². The number of alkyl halides is 1. The zero-order valence-corrected chi connectivity index (χ0v) is 11.8. The molecule has 0 atom stereocenters. The summed E-state index contributed by atoms with van der Waals surface area (Å²) in [6, 6.07) is 6.95. The largest absolute Gasteiger partial charge is 0.491 e. The monoisotopic (exact) mass is 290 g/mol. The van der Waals surface area contributed by atoms with Crippen molar-refractivity contribution in [3.05, 3.63) is 24.3 Å². The first kappa shape index (κ1) is 17.7. The maximum Gasteiger partial charge on any atom is 0.224 e. The molecule has 108 valence electrons. The lowest BCUT2D eigenvalue weighted by atomic mass is 10.2. The van der Waals surface area contributed by atoms with Crippen LogP contribution in [0.2, 0.25) is 0 Å². The predicted molar refractivity (Wildman–Crippen MR) is 77.0 cm³/mol. The average Bonchev–Trinajstić information content (AvgIpc) is 2.37. The van der Waals surface area contributed by atoms with Crippen LogP contribution in [-0.2, 0) is 4.79 Å². The third-order valence-electron chi connectivity index (χ3n) is 2.29. The Morgan fingerprint density at radius 2 is 2.21 bits per heavy atom. The van der Waals surface area contributed by atoms with Crippen LogP contribution >= 0.6 is 12.4 Å². The Morgan fingerprint density at radius 1 is 1.42 bits per heavy atom. The molecule has 0 fully saturated rings. The topological polar surface area (TPSA) is 50.4 Å². The Bertz CT molecular complexity index is 377. The van der Waals surface area contributed by atoms with Crippen molar-refractivity contribution in [3.63, 3.8) is 0 Å². The van der Waals surface area contributed by atoms with Crippen molar-refractivity contribution in [2.24, 2.45) is 0 Å². The van der Waals surface area contributed by atoms with Crippen molar-refractivity contribution in [3.8, 4) is 5.75 Å². The number of halogens is 2. The van der Waals surface area contributed by atoms with E-state index in [1.54, 1.807) is 24.3 Å². The van der Waals surface area contributed by atoms with Gasteiger partial charge in [-0.2, -0.15) is 0 Å². The first-order valence-corrected chi connectivity index (χ1v) is 5.99. The summed E-state index contributed by atoms with van der Waals surface area (Å²) in [5.74, 6) is 0.522. The summed E-state index contributed by atoms with van der Waals surface area (Å²) in [4.78, 5) is 11.6. The smallest absolute Gasteiger partial charge is 0.224 e. The molecule has 1 aromatic rings. The van der Waals surface area contributed by atoms with Crippen molar-refractivity contribution in [1.82, 2.24) is 5.32 Å². The van der Waals surface area contributed by atoms with E-state index in [0.29, 0.717) is 17.9 Å². The molecule has 0 saturated heterocycles. The van der Waals surface area contributed by atoms with Gasteiger partial charge in [0.1, 0.15) is 19.0 Å². The van der Waals surface area contributed by atoms with Crippen LogP contribution in [0.4, 0.5) is 10.1 Å². The number of hydrogen-bond donors (Lipinski definition) is 2. The van der Waals surface area contributed by atoms with Gasteiger partial charge in [0.15, 0.2) is 0 Å². The fraction of sp³-hybridized carbons (Fsp3) is 0.462. The van der Waals surface area contributed by atoms with Crippen LogP contribution in [0, 0.1) is 0 Å². The van der Waals surface area contributed by atoms with Crippen molar-refractivity contribution in [2.75, 3.05) is 32.2 Å². The fourth-order valence-electron chi connectivity index (χ4n) is 1.47. The van der Waals surface area contributed by atoms with E-state index < -0.39 is 6.67 Å². The van der Waals surface area contributed by atoms with Gasteiger partial charge in [0, 0.05) is 18.2 Å². The second kappa shape index (κ2) is 10.6. The van der Waals surface area contributed by atoms with Crippen LogP contribution in [0.5, 0.6) is 5.75 Å². The minimum atomic E-state index is -0.527. The molecule has 0 aliphatic rings. The summed E-state index contributed by atoms with van der Waals surface area (Å²) in [7, 11) is 1.85. The predicted octanol–water partition coefficient (Wildman–Crippen LogP) is 2.39. The lowest BCUT2D eigenvalue weighted by Gasteiger charge is -2.08. The molecule has 0 radical (unpaired) electrons. The van der Waals surface area contributed by atoms with Gasteiger partial charge in [-0.1, -0.05) is 6.07 Å². The van der Waals surface area contributed by atoms with Crippen LogP contribution in [0.15, 0.2) is 24.3 Å². The van der Waals surface area contributed by atoms with Crippen molar-refractivity contribution < 1.29 is 13.9 Å². The van der Waals surface area contributed by atoms with E-state index in [1.807, 2.05) is 7.05 Å². The van der Waals surface area contributed by atoms with E-state index in [2.05, 4.69) is 10.6 Å². The van der Waals surface area contributed by atoms with E-state index in [-0.39, 0.29) is 24.9 Å². The molecule has 6 heteroatoms. The Kier molecular flexibility index (Phi) is 9.84. The molecule has 0 bridgehead atoms. The van der Waals surface area contributed by atoms with Gasteiger partial charge in [-0.15, -0.1) is 12.4 Å². The second-order valence-corrected chi connectivity index (χ2v) is 3.82. The molecule has 0 unspecified atom stereocenters. The van der Waals surface area contributed by atoms with Crippen LogP contribution in [0.25, 0.3) is 0 Å². The lowest BCUT2D eigenvalue weighted by molar-refractivity contribution is -0.116. The average molecular weight is 291 g/mol. The molecule has 0 spiro atoms. The van der Waals surface area contributed by atoms with Crippen molar-refractivity contribution in [2.45, 2.75) is 12.8 Å². The Morgan fingerprint density at radius 3 is 2.89 bits per heavy atom. The van der Waals surface area contributed by atoms with Crippen LogP contribution < -0.4 is 15.4 Å². The molecule has 2 N–H and O–H groups in total. The third kappa shape index (κ3) is 7.64. The van der Waals surface area contributed by atoms with Gasteiger partial charge in [-0.3, -0.25) is 4.79 Å². The van der Waals surface area contributed by atoms with Gasteiger partial charge >= 0.3 is 0 Å². The van der Waals surface area contributed by atoms with Crippen molar-refractivity contribution in [1.29, 1.82) is 0 Å². The minimum absolute atomic E-state index is 0. The van der Waals surface area contributed by atoms with Gasteiger partial charge in [0.05, 0.1) is 0 Å². The van der Waals surface area contributed by atoms with Crippen LogP contribution in [0.1, 0.15) is 12.8 Å². The standard InChI is InChI=1S/C13H19FN2O2.ClH/c1-15-8-3-6-13(17)16-11-4-2-5-12(10-11)18-9-7-14;/h2,4-5,10,15H,3,6-9H2,1H3,(H,16,17);1H. The highest BCUT2D eigenvalue weighted by molar-refractivity contribution is 5.90. The van der Waals surface area contributed by atoms with E-state index in [0.717, 1.165) is 13.0 Å². The lowest BCUT2D eigenvalue weighted by Crippen LogP contribution is -2.15. The van der Waals surface area contributed by atoms with Crippen LogP contribution in [-0.4, -0.2) is 32.8 Å². The summed E-state index contributed by atoms with van der Waals surface area (Å²) in [6.07, 6.45) is 1.26. The molecule has 0 aliphatic heterocycles. The molecule has 1 amide bonds. The molecule has 1 aromatic carbocycles. The third-order valence-corrected chi connectivity index (χ3v) is 2.29. The van der Waals surface area contributed by atoms with Crippen molar-refractivity contribution >= 4 is 24.0 Å². The molecule has 0 saturated carbocycles. The highest BCUT2D eigenvalue weighted by Gasteiger charge is 2.03. The number of carbonyl (C=O) groups is 1. The van der Waals surface area contributed by atoms with E-state index >= 15 is 0 Å². The summed E-state index contributed by atoms with van der Waals surface area (Å²) in [5.41, 5.74) is 0.667. The maximum absolute atomic E-state index is 12.0. The second-order valence-electron chi connectivity index (χ2n) is 3.82. The highest BCUT2D eigenvalue weighted by atomic mass is 35.5. The van der Waals surface area contributed by atoms with E-state index in [1.165, 1.54) is 0 Å². The number of amides is 1. The zero-order chi connectivity index (χ0) is 13.2. The number of rotatable bonds is 8. The maximum atomic E-state index is 12.0. The Balaban J connectivity index is 0.00000324. The Hall–Kier alpha value is -1.33. The molecular weight excluding hydrogens is 271 g/mol. The van der Waals surface area contributed by atoms with Gasteiger partial charge < -0.3 is 15.4 Å². The normalized spacial score (nSPS) is 9.58. The quantitative estimate of drug-likeness (QED) is 0.723. The summed E-state index contributed by atoms with van der Waals surface area (Å²) < 4.78 is 17.1. The number of benzene rings is 1. The van der Waals surface area contributed by atoms with Gasteiger partial charge in [-0.05, 0) is 32.1 Å². The first-order chi connectivity index (χ1) is 8.76.